The van der Waals surface area contributed by atoms with E-state index >= 15 is 0 Å². The van der Waals surface area contributed by atoms with Crippen molar-refractivity contribution in [3.8, 4) is 0 Å². The van der Waals surface area contributed by atoms with E-state index in [1.54, 1.807) is 11.5 Å². The van der Waals surface area contributed by atoms with Crippen LogP contribution in [0.3, 0.4) is 0 Å². The molecular weight excluding hydrogens is 180 g/mol. The molecule has 1 aliphatic carbocycles. The lowest BCUT2D eigenvalue weighted by molar-refractivity contribution is 0.303. The van der Waals surface area contributed by atoms with Gasteiger partial charge in [-0.2, -0.15) is 0 Å². The van der Waals surface area contributed by atoms with E-state index < -0.39 is 0 Å². The van der Waals surface area contributed by atoms with Crippen LogP contribution in [0.1, 0.15) is 37.0 Å². The SMILES string of the molecule is CC1CCC(N)CC1c1ccns1. The summed E-state index contributed by atoms with van der Waals surface area (Å²) in [5, 5.41) is 0. The van der Waals surface area contributed by atoms with Crippen LogP contribution in [0.5, 0.6) is 0 Å². The fourth-order valence-corrected chi connectivity index (χ4v) is 3.00. The predicted molar refractivity (Wildman–Crippen MR) is 55.8 cm³/mol. The minimum Gasteiger partial charge on any atom is -0.328 e. The molecule has 1 fully saturated rings. The third-order valence-corrected chi connectivity index (χ3v) is 3.94. The van der Waals surface area contributed by atoms with Gasteiger partial charge in [-0.15, -0.1) is 0 Å². The fraction of sp³-hybridized carbons (Fsp3) is 0.700. The number of aromatic nitrogens is 1. The Morgan fingerprint density at radius 1 is 1.54 bits per heavy atom. The zero-order chi connectivity index (χ0) is 9.26. The molecule has 2 N–H and O–H groups in total. The molecule has 1 aliphatic rings. The maximum absolute atomic E-state index is 5.98. The lowest BCUT2D eigenvalue weighted by atomic mass is 9.77. The molecule has 0 bridgehead atoms. The van der Waals surface area contributed by atoms with Gasteiger partial charge in [-0.3, -0.25) is 0 Å². The molecule has 0 radical (unpaired) electrons. The van der Waals surface area contributed by atoms with Crippen LogP contribution in [-0.4, -0.2) is 10.4 Å². The third kappa shape index (κ3) is 1.92. The maximum Gasteiger partial charge on any atom is 0.0409 e. The molecule has 13 heavy (non-hydrogen) atoms. The summed E-state index contributed by atoms with van der Waals surface area (Å²) in [5.41, 5.74) is 5.98. The summed E-state index contributed by atoms with van der Waals surface area (Å²) in [6.07, 6.45) is 5.50. The van der Waals surface area contributed by atoms with Crippen molar-refractivity contribution in [2.45, 2.75) is 38.1 Å². The van der Waals surface area contributed by atoms with Crippen LogP contribution < -0.4 is 5.73 Å². The summed E-state index contributed by atoms with van der Waals surface area (Å²) in [7, 11) is 0. The van der Waals surface area contributed by atoms with Crippen LogP contribution in [0.15, 0.2) is 12.3 Å². The number of nitrogens with zero attached hydrogens (tertiary/aromatic N) is 1. The standard InChI is InChI=1S/C10H16N2S/c1-7-2-3-8(11)6-9(7)10-4-5-12-13-10/h4-5,7-9H,2-3,6,11H2,1H3. The van der Waals surface area contributed by atoms with Gasteiger partial charge in [0.25, 0.3) is 0 Å². The third-order valence-electron chi connectivity index (χ3n) is 3.06. The maximum atomic E-state index is 5.98. The van der Waals surface area contributed by atoms with Crippen molar-refractivity contribution in [2.24, 2.45) is 11.7 Å². The Morgan fingerprint density at radius 3 is 3.08 bits per heavy atom. The Kier molecular flexibility index (Phi) is 2.65. The lowest BCUT2D eigenvalue weighted by Gasteiger charge is -2.31. The van der Waals surface area contributed by atoms with Gasteiger partial charge >= 0.3 is 0 Å². The number of nitrogens with two attached hydrogens (primary N) is 1. The van der Waals surface area contributed by atoms with Crippen LogP contribution >= 0.6 is 11.5 Å². The second-order valence-corrected chi connectivity index (χ2v) is 4.94. The molecule has 0 aliphatic heterocycles. The second-order valence-electron chi connectivity index (χ2n) is 4.07. The highest BCUT2D eigenvalue weighted by atomic mass is 32.1. The topological polar surface area (TPSA) is 38.9 Å². The Balaban J connectivity index is 2.12. The van der Waals surface area contributed by atoms with Crippen LogP contribution in [-0.2, 0) is 0 Å². The zero-order valence-electron chi connectivity index (χ0n) is 7.94. The molecule has 72 valence electrons. The summed E-state index contributed by atoms with van der Waals surface area (Å²) in [6.45, 7) is 2.33. The van der Waals surface area contributed by atoms with Crippen molar-refractivity contribution in [3.05, 3.63) is 17.1 Å². The molecule has 1 heterocycles. The average molecular weight is 196 g/mol. The number of hydrogen-bond acceptors (Lipinski definition) is 3. The van der Waals surface area contributed by atoms with Gasteiger partial charge in [0.05, 0.1) is 0 Å². The highest BCUT2D eigenvalue weighted by Gasteiger charge is 2.27. The molecule has 1 aromatic rings. The molecule has 0 spiro atoms. The quantitative estimate of drug-likeness (QED) is 0.749. The second kappa shape index (κ2) is 3.76. The van der Waals surface area contributed by atoms with Gasteiger partial charge in [0, 0.05) is 17.1 Å². The molecule has 0 amide bonds. The Bertz CT molecular complexity index is 258. The molecule has 0 aromatic carbocycles. The first-order valence-electron chi connectivity index (χ1n) is 4.93. The van der Waals surface area contributed by atoms with Gasteiger partial charge in [-0.05, 0) is 48.7 Å². The summed E-state index contributed by atoms with van der Waals surface area (Å²) < 4.78 is 4.16. The van der Waals surface area contributed by atoms with E-state index in [1.807, 2.05) is 6.20 Å². The van der Waals surface area contributed by atoms with E-state index in [1.165, 1.54) is 17.7 Å². The zero-order valence-corrected chi connectivity index (χ0v) is 8.76. The van der Waals surface area contributed by atoms with Gasteiger partial charge < -0.3 is 5.73 Å². The first kappa shape index (κ1) is 9.16. The predicted octanol–water partition coefficient (Wildman–Crippen LogP) is 2.37. The van der Waals surface area contributed by atoms with Crippen LogP contribution in [0.4, 0.5) is 0 Å². The Morgan fingerprint density at radius 2 is 2.38 bits per heavy atom. The van der Waals surface area contributed by atoms with Crippen molar-refractivity contribution in [1.82, 2.24) is 4.37 Å². The first-order valence-corrected chi connectivity index (χ1v) is 5.71. The van der Waals surface area contributed by atoms with E-state index in [2.05, 4.69) is 17.4 Å². The fourth-order valence-electron chi connectivity index (χ4n) is 2.17. The van der Waals surface area contributed by atoms with Crippen molar-refractivity contribution < 1.29 is 0 Å². The van der Waals surface area contributed by atoms with Gasteiger partial charge in [0.15, 0.2) is 0 Å². The summed E-state index contributed by atoms with van der Waals surface area (Å²) in [4.78, 5) is 1.42. The van der Waals surface area contributed by atoms with Crippen molar-refractivity contribution in [1.29, 1.82) is 0 Å². The van der Waals surface area contributed by atoms with E-state index in [0.29, 0.717) is 12.0 Å². The van der Waals surface area contributed by atoms with Gasteiger partial charge in [-0.1, -0.05) is 6.92 Å². The molecule has 1 aromatic heterocycles. The monoisotopic (exact) mass is 196 g/mol. The highest BCUT2D eigenvalue weighted by Crippen LogP contribution is 2.38. The van der Waals surface area contributed by atoms with Crippen molar-refractivity contribution in [3.63, 3.8) is 0 Å². The minimum atomic E-state index is 0.406. The van der Waals surface area contributed by atoms with E-state index in [0.717, 1.165) is 12.3 Å². The molecule has 2 rings (SSSR count). The van der Waals surface area contributed by atoms with Crippen LogP contribution in [0.25, 0.3) is 0 Å². The molecular formula is C10H16N2S. The summed E-state index contributed by atoms with van der Waals surface area (Å²) in [5.74, 6) is 1.44. The van der Waals surface area contributed by atoms with E-state index in [4.69, 9.17) is 5.73 Å². The highest BCUT2D eigenvalue weighted by molar-refractivity contribution is 7.05. The largest absolute Gasteiger partial charge is 0.328 e. The van der Waals surface area contributed by atoms with Gasteiger partial charge in [0.1, 0.15) is 0 Å². The first-order chi connectivity index (χ1) is 6.27. The van der Waals surface area contributed by atoms with Crippen LogP contribution in [0, 0.1) is 5.92 Å². The normalized spacial score (nSPS) is 34.8. The summed E-state index contributed by atoms with van der Waals surface area (Å²) in [6, 6.07) is 2.55. The molecule has 3 unspecified atom stereocenters. The molecule has 3 atom stereocenters. The van der Waals surface area contributed by atoms with Crippen molar-refractivity contribution >= 4 is 11.5 Å². The molecule has 3 heteroatoms. The van der Waals surface area contributed by atoms with Crippen LogP contribution in [0.2, 0.25) is 0 Å². The molecule has 1 saturated carbocycles. The van der Waals surface area contributed by atoms with E-state index in [9.17, 15) is 0 Å². The number of hydrogen-bond donors (Lipinski definition) is 1. The number of rotatable bonds is 1. The summed E-state index contributed by atoms with van der Waals surface area (Å²) >= 11 is 1.63. The van der Waals surface area contributed by atoms with Gasteiger partial charge in [0.2, 0.25) is 0 Å². The molecule has 0 saturated heterocycles. The minimum absolute atomic E-state index is 0.406. The van der Waals surface area contributed by atoms with Gasteiger partial charge in [-0.25, -0.2) is 4.37 Å². The smallest absolute Gasteiger partial charge is 0.0409 e. The Hall–Kier alpha value is -0.410. The average Bonchev–Trinajstić information content (AvgIpc) is 2.61. The Labute approximate surface area is 83.3 Å². The van der Waals surface area contributed by atoms with E-state index in [-0.39, 0.29) is 0 Å². The lowest BCUT2D eigenvalue weighted by Crippen LogP contribution is -2.30. The molecule has 2 nitrogen and oxygen atoms in total. The van der Waals surface area contributed by atoms with Crippen molar-refractivity contribution in [2.75, 3.05) is 0 Å².